The highest BCUT2D eigenvalue weighted by Gasteiger charge is 2.28. The summed E-state index contributed by atoms with van der Waals surface area (Å²) < 4.78 is 31.6. The summed E-state index contributed by atoms with van der Waals surface area (Å²) in [6, 6.07) is 8.51. The number of nitrogens with one attached hydrogen (secondary N) is 3. The van der Waals surface area contributed by atoms with Crippen molar-refractivity contribution in [3.05, 3.63) is 29.8 Å². The molecule has 5 N–H and O–H groups in total. The molecule has 0 saturated carbocycles. The van der Waals surface area contributed by atoms with Crippen LogP contribution in [0.25, 0.3) is 0 Å². The number of amides is 2. The third kappa shape index (κ3) is 7.08. The minimum absolute atomic E-state index is 0.166. The third-order valence-electron chi connectivity index (χ3n) is 4.24. The van der Waals surface area contributed by atoms with E-state index >= 15 is 0 Å². The number of hydrogen-bond acceptors (Lipinski definition) is 6. The summed E-state index contributed by atoms with van der Waals surface area (Å²) in [5.41, 5.74) is 2.04. The number of benzene rings is 1. The lowest BCUT2D eigenvalue weighted by molar-refractivity contribution is -0.134. The molecule has 1 aromatic carbocycles. The fraction of sp³-hybridized carbons (Fsp3) is 0.500. The normalized spacial score (nSPS) is 21.4. The number of carbonyl (C=O) groups is 2. The van der Waals surface area contributed by atoms with Crippen LogP contribution in [-0.2, 0) is 20.0 Å². The van der Waals surface area contributed by atoms with E-state index in [2.05, 4.69) is 16.0 Å². The van der Waals surface area contributed by atoms with Crippen molar-refractivity contribution in [2.45, 2.75) is 37.6 Å². The first-order valence-corrected chi connectivity index (χ1v) is 9.73. The minimum atomic E-state index is -4.67. The van der Waals surface area contributed by atoms with Crippen molar-refractivity contribution in [1.29, 1.82) is 0 Å². The fourth-order valence-corrected chi connectivity index (χ4v) is 3.06. The molecular weight excluding hydrogens is 362 g/mol. The molecule has 2 heterocycles. The first kappa shape index (κ1) is 20.3. The van der Waals surface area contributed by atoms with Gasteiger partial charge in [0.05, 0.1) is 5.92 Å². The average Bonchev–Trinajstić information content (AvgIpc) is 2.54. The van der Waals surface area contributed by atoms with Gasteiger partial charge in [-0.05, 0) is 50.0 Å². The van der Waals surface area contributed by atoms with Crippen molar-refractivity contribution in [2.75, 3.05) is 18.4 Å². The highest BCUT2D eigenvalue weighted by molar-refractivity contribution is 7.79. The van der Waals surface area contributed by atoms with Gasteiger partial charge in [0, 0.05) is 18.2 Å². The van der Waals surface area contributed by atoms with Crippen molar-refractivity contribution in [3.63, 3.8) is 0 Å². The van der Waals surface area contributed by atoms with Crippen molar-refractivity contribution >= 4 is 27.9 Å². The molecule has 9 nitrogen and oxygen atoms in total. The van der Waals surface area contributed by atoms with Crippen LogP contribution in [0.4, 0.5) is 5.69 Å². The van der Waals surface area contributed by atoms with Gasteiger partial charge >= 0.3 is 10.4 Å². The summed E-state index contributed by atoms with van der Waals surface area (Å²) >= 11 is 0. The number of hydrogen-bond donors (Lipinski definition) is 5. The van der Waals surface area contributed by atoms with Crippen LogP contribution in [-0.4, -0.2) is 48.5 Å². The van der Waals surface area contributed by atoms with Crippen LogP contribution >= 0.6 is 0 Å². The van der Waals surface area contributed by atoms with Gasteiger partial charge < -0.3 is 10.6 Å². The highest BCUT2D eigenvalue weighted by atomic mass is 32.3. The Morgan fingerprint density at radius 2 is 1.73 bits per heavy atom. The van der Waals surface area contributed by atoms with Crippen LogP contribution in [0.1, 0.15) is 37.2 Å². The van der Waals surface area contributed by atoms with Gasteiger partial charge in [-0.15, -0.1) is 0 Å². The maximum Gasteiger partial charge on any atom is 0.394 e. The van der Waals surface area contributed by atoms with Gasteiger partial charge in [-0.3, -0.25) is 24.0 Å². The minimum Gasteiger partial charge on any atom is -0.382 e. The molecule has 0 aromatic heterocycles. The molecule has 2 fully saturated rings. The fourth-order valence-electron chi connectivity index (χ4n) is 3.06. The zero-order valence-electron chi connectivity index (χ0n) is 14.1. The lowest BCUT2D eigenvalue weighted by Crippen LogP contribution is -2.39. The number of imide groups is 1. The molecule has 26 heavy (non-hydrogen) atoms. The van der Waals surface area contributed by atoms with E-state index in [9.17, 15) is 9.59 Å². The largest absolute Gasteiger partial charge is 0.394 e. The average molecular weight is 385 g/mol. The van der Waals surface area contributed by atoms with Crippen LogP contribution in [0.15, 0.2) is 24.3 Å². The monoisotopic (exact) mass is 385 g/mol. The number of anilines is 1. The summed E-state index contributed by atoms with van der Waals surface area (Å²) in [5.74, 6) is -0.553. The second-order valence-electron chi connectivity index (χ2n) is 6.25. The predicted octanol–water partition coefficient (Wildman–Crippen LogP) is 0.718. The Bertz CT molecular complexity index is 738. The molecule has 1 aromatic rings. The summed E-state index contributed by atoms with van der Waals surface area (Å²) in [6.07, 6.45) is 3.25. The highest BCUT2D eigenvalue weighted by Crippen LogP contribution is 2.27. The SMILES string of the molecule is O=C1CCC(c2cccc(NC3CCNCC3)c2)C(=O)N1.O=S(=O)(O)O. The Morgan fingerprint density at radius 1 is 1.08 bits per heavy atom. The van der Waals surface area contributed by atoms with Crippen LogP contribution in [0, 0.1) is 0 Å². The second-order valence-corrected chi connectivity index (χ2v) is 7.14. The van der Waals surface area contributed by atoms with Crippen LogP contribution in [0.3, 0.4) is 0 Å². The first-order valence-electron chi connectivity index (χ1n) is 8.33. The van der Waals surface area contributed by atoms with E-state index in [1.807, 2.05) is 24.3 Å². The van der Waals surface area contributed by atoms with Crippen molar-refractivity contribution in [3.8, 4) is 0 Å². The number of rotatable bonds is 3. The van der Waals surface area contributed by atoms with Crippen LogP contribution < -0.4 is 16.0 Å². The van der Waals surface area contributed by atoms with Crippen molar-refractivity contribution < 1.29 is 27.1 Å². The molecule has 1 unspecified atom stereocenters. The molecule has 2 amide bonds. The quantitative estimate of drug-likeness (QED) is 0.378. The van der Waals surface area contributed by atoms with E-state index in [0.29, 0.717) is 18.9 Å². The second kappa shape index (κ2) is 9.08. The van der Waals surface area contributed by atoms with Crippen LogP contribution in [0.2, 0.25) is 0 Å². The summed E-state index contributed by atoms with van der Waals surface area (Å²) in [4.78, 5) is 23.2. The molecule has 0 radical (unpaired) electrons. The van der Waals surface area contributed by atoms with Gasteiger partial charge in [0.15, 0.2) is 0 Å². The molecule has 10 heteroatoms. The molecule has 3 rings (SSSR count). The summed E-state index contributed by atoms with van der Waals surface area (Å²) in [7, 11) is -4.67. The Labute approximate surface area is 152 Å². The Hall–Kier alpha value is -2.01. The van der Waals surface area contributed by atoms with E-state index in [1.54, 1.807) is 0 Å². The first-order chi connectivity index (χ1) is 12.2. The lowest BCUT2D eigenvalue weighted by atomic mass is 9.90. The molecule has 2 aliphatic rings. The zero-order chi connectivity index (χ0) is 19.2. The van der Waals surface area contributed by atoms with Gasteiger partial charge in [0.2, 0.25) is 11.8 Å². The maximum atomic E-state index is 11.9. The standard InChI is InChI=1S/C16H21N3O2.H2O4S/c20-15-5-4-14(16(21)19-15)11-2-1-3-13(10-11)18-12-6-8-17-9-7-12;1-5(2,3)4/h1-3,10,12,14,17-18H,4-9H2,(H,19,20,21);(H2,1,2,3,4). The number of carbonyl (C=O) groups excluding carboxylic acids is 2. The molecule has 144 valence electrons. The number of piperidine rings is 2. The molecule has 1 atom stereocenters. The molecule has 2 saturated heterocycles. The molecule has 2 aliphatic heterocycles. The molecular formula is C16H23N3O6S. The van der Waals surface area contributed by atoms with E-state index < -0.39 is 10.4 Å². The van der Waals surface area contributed by atoms with E-state index in [4.69, 9.17) is 17.5 Å². The Balaban J connectivity index is 0.000000431. The van der Waals surface area contributed by atoms with E-state index in [1.165, 1.54) is 0 Å². The topological polar surface area (TPSA) is 145 Å². The van der Waals surface area contributed by atoms with Gasteiger partial charge in [-0.2, -0.15) is 8.42 Å². The summed E-state index contributed by atoms with van der Waals surface area (Å²) in [5, 5.41) is 9.32. The Kier molecular flexibility index (Phi) is 7.09. The summed E-state index contributed by atoms with van der Waals surface area (Å²) in [6.45, 7) is 2.09. The zero-order valence-corrected chi connectivity index (χ0v) is 15.0. The van der Waals surface area contributed by atoms with Crippen molar-refractivity contribution in [2.24, 2.45) is 0 Å². The molecule has 0 spiro atoms. The molecule has 0 bridgehead atoms. The lowest BCUT2D eigenvalue weighted by Gasteiger charge is -2.26. The molecule has 0 aliphatic carbocycles. The smallest absolute Gasteiger partial charge is 0.382 e. The third-order valence-corrected chi connectivity index (χ3v) is 4.24. The van der Waals surface area contributed by atoms with Gasteiger partial charge in [0.25, 0.3) is 0 Å². The maximum absolute atomic E-state index is 11.9. The Morgan fingerprint density at radius 3 is 2.35 bits per heavy atom. The van der Waals surface area contributed by atoms with Crippen LogP contribution in [0.5, 0.6) is 0 Å². The van der Waals surface area contributed by atoms with E-state index in [-0.39, 0.29) is 17.7 Å². The van der Waals surface area contributed by atoms with Crippen molar-refractivity contribution in [1.82, 2.24) is 10.6 Å². The van der Waals surface area contributed by atoms with Gasteiger partial charge in [-0.25, -0.2) is 0 Å². The van der Waals surface area contributed by atoms with Gasteiger partial charge in [-0.1, -0.05) is 12.1 Å². The van der Waals surface area contributed by atoms with E-state index in [0.717, 1.165) is 37.2 Å². The predicted molar refractivity (Wildman–Crippen MR) is 95.3 cm³/mol. The van der Waals surface area contributed by atoms with Gasteiger partial charge in [0.1, 0.15) is 0 Å².